The lowest BCUT2D eigenvalue weighted by atomic mass is 9.82. The van der Waals surface area contributed by atoms with Gasteiger partial charge in [0.2, 0.25) is 5.91 Å². The summed E-state index contributed by atoms with van der Waals surface area (Å²) in [4.78, 5) is 20.6. The molecule has 23 heavy (non-hydrogen) atoms. The molecule has 0 saturated heterocycles. The summed E-state index contributed by atoms with van der Waals surface area (Å²) in [5.74, 6) is 1.60. The fourth-order valence-corrected chi connectivity index (χ4v) is 3.65. The molecule has 0 radical (unpaired) electrons. The van der Waals surface area contributed by atoms with E-state index in [9.17, 15) is 4.79 Å². The molecule has 5 nitrogen and oxygen atoms in total. The van der Waals surface area contributed by atoms with Gasteiger partial charge in [0.25, 0.3) is 0 Å². The van der Waals surface area contributed by atoms with Crippen LogP contribution >= 0.6 is 0 Å². The Morgan fingerprint density at radius 2 is 2.00 bits per heavy atom. The number of aromatic nitrogens is 2. The van der Waals surface area contributed by atoms with E-state index < -0.39 is 5.54 Å². The van der Waals surface area contributed by atoms with Crippen molar-refractivity contribution in [1.29, 1.82) is 0 Å². The highest BCUT2D eigenvalue weighted by atomic mass is 16.2. The van der Waals surface area contributed by atoms with Gasteiger partial charge in [0.15, 0.2) is 0 Å². The average Bonchev–Trinajstić information content (AvgIpc) is 2.88. The Morgan fingerprint density at radius 1 is 1.22 bits per heavy atom. The summed E-state index contributed by atoms with van der Waals surface area (Å²) in [6.07, 6.45) is 8.53. The van der Waals surface area contributed by atoms with E-state index in [1.54, 1.807) is 0 Å². The van der Waals surface area contributed by atoms with Crippen LogP contribution in [0.5, 0.6) is 0 Å². The Morgan fingerprint density at radius 3 is 2.70 bits per heavy atom. The van der Waals surface area contributed by atoms with Crippen molar-refractivity contribution in [2.75, 3.05) is 5.32 Å². The molecule has 2 aromatic rings. The van der Waals surface area contributed by atoms with Gasteiger partial charge in [0.1, 0.15) is 5.82 Å². The summed E-state index contributed by atoms with van der Waals surface area (Å²) in [7, 11) is 0. The molecule has 2 saturated carbocycles. The number of aromatic amines is 1. The number of rotatable bonds is 3. The molecule has 1 aromatic heterocycles. The number of carbonyl (C=O) groups excluding carboxylic acids is 1. The Labute approximate surface area is 136 Å². The number of nitrogens with zero attached hydrogens (tertiary/aromatic N) is 1. The molecule has 1 amide bonds. The van der Waals surface area contributed by atoms with Gasteiger partial charge in [-0.1, -0.05) is 25.7 Å². The predicted octanol–water partition coefficient (Wildman–Crippen LogP) is 3.43. The molecule has 122 valence electrons. The molecular formula is C18H24N4O. The second-order valence-corrected chi connectivity index (χ2v) is 7.15. The highest BCUT2D eigenvalue weighted by molar-refractivity contribution is 5.99. The van der Waals surface area contributed by atoms with Gasteiger partial charge in [0, 0.05) is 11.6 Å². The number of hydrogen-bond donors (Lipinski definition) is 3. The first-order valence-corrected chi connectivity index (χ1v) is 8.74. The van der Waals surface area contributed by atoms with Crippen molar-refractivity contribution in [3.63, 3.8) is 0 Å². The van der Waals surface area contributed by atoms with Gasteiger partial charge in [-0.3, -0.25) is 4.79 Å². The largest absolute Gasteiger partial charge is 0.342 e. The van der Waals surface area contributed by atoms with Crippen LogP contribution in [0.3, 0.4) is 0 Å². The number of amides is 1. The number of hydrogen-bond acceptors (Lipinski definition) is 3. The van der Waals surface area contributed by atoms with Crippen LogP contribution in [-0.4, -0.2) is 21.4 Å². The van der Waals surface area contributed by atoms with E-state index in [0.29, 0.717) is 5.92 Å². The number of nitrogens with one attached hydrogen (secondary N) is 2. The third kappa shape index (κ3) is 2.74. The lowest BCUT2D eigenvalue weighted by Crippen LogP contribution is -2.52. The van der Waals surface area contributed by atoms with E-state index in [4.69, 9.17) is 5.73 Å². The van der Waals surface area contributed by atoms with Crippen LogP contribution in [0.1, 0.15) is 63.1 Å². The fourth-order valence-electron chi connectivity index (χ4n) is 3.65. The summed E-state index contributed by atoms with van der Waals surface area (Å²) >= 11 is 0. The van der Waals surface area contributed by atoms with Gasteiger partial charge >= 0.3 is 0 Å². The zero-order valence-electron chi connectivity index (χ0n) is 13.4. The second kappa shape index (κ2) is 5.64. The van der Waals surface area contributed by atoms with Crippen LogP contribution in [0.15, 0.2) is 18.2 Å². The minimum atomic E-state index is -0.710. The number of fused-ring (bicyclic) bond motifs is 1. The van der Waals surface area contributed by atoms with Crippen LogP contribution in [0.25, 0.3) is 11.0 Å². The van der Waals surface area contributed by atoms with E-state index in [1.807, 2.05) is 18.2 Å². The minimum Gasteiger partial charge on any atom is -0.342 e. The van der Waals surface area contributed by atoms with E-state index >= 15 is 0 Å². The first-order valence-electron chi connectivity index (χ1n) is 8.74. The van der Waals surface area contributed by atoms with E-state index in [0.717, 1.165) is 48.2 Å². The SMILES string of the molecule is NC1(C(=O)Nc2ccc3nc(C4CCC4)[nH]c3c2)CCCCC1. The number of imidazole rings is 1. The highest BCUT2D eigenvalue weighted by Crippen LogP contribution is 2.35. The zero-order chi connectivity index (χ0) is 15.9. The number of carbonyl (C=O) groups is 1. The normalized spacial score (nSPS) is 21.1. The maximum atomic E-state index is 12.5. The molecule has 0 atom stereocenters. The van der Waals surface area contributed by atoms with Gasteiger partial charge in [0.05, 0.1) is 16.6 Å². The van der Waals surface area contributed by atoms with Crippen molar-refractivity contribution in [3.8, 4) is 0 Å². The number of nitrogens with two attached hydrogens (primary N) is 1. The molecule has 2 fully saturated rings. The number of anilines is 1. The Bertz CT molecular complexity index is 726. The topological polar surface area (TPSA) is 83.8 Å². The van der Waals surface area contributed by atoms with E-state index in [-0.39, 0.29) is 5.91 Å². The van der Waals surface area contributed by atoms with Crippen LogP contribution in [0.4, 0.5) is 5.69 Å². The fraction of sp³-hybridized carbons (Fsp3) is 0.556. The lowest BCUT2D eigenvalue weighted by Gasteiger charge is -2.31. The molecule has 5 heteroatoms. The van der Waals surface area contributed by atoms with Crippen molar-refractivity contribution >= 4 is 22.6 Å². The van der Waals surface area contributed by atoms with Gasteiger partial charge in [-0.25, -0.2) is 4.98 Å². The smallest absolute Gasteiger partial charge is 0.244 e. The predicted molar refractivity (Wildman–Crippen MR) is 91.3 cm³/mol. The molecule has 0 bridgehead atoms. The molecule has 0 unspecified atom stereocenters. The van der Waals surface area contributed by atoms with Gasteiger partial charge in [-0.2, -0.15) is 0 Å². The van der Waals surface area contributed by atoms with E-state index in [1.165, 1.54) is 25.7 Å². The molecule has 2 aliphatic rings. The van der Waals surface area contributed by atoms with Crippen molar-refractivity contribution in [2.45, 2.75) is 62.8 Å². The summed E-state index contributed by atoms with van der Waals surface area (Å²) in [5, 5.41) is 3.00. The first-order chi connectivity index (χ1) is 11.1. The molecule has 2 aliphatic carbocycles. The number of H-pyrrole nitrogens is 1. The molecule has 0 spiro atoms. The Kier molecular flexibility index (Phi) is 3.60. The summed E-state index contributed by atoms with van der Waals surface area (Å²) in [5.41, 5.74) is 8.33. The zero-order valence-corrected chi connectivity index (χ0v) is 13.4. The maximum absolute atomic E-state index is 12.5. The molecule has 4 rings (SSSR count). The Balaban J connectivity index is 1.53. The molecule has 4 N–H and O–H groups in total. The third-order valence-electron chi connectivity index (χ3n) is 5.45. The van der Waals surface area contributed by atoms with Crippen LogP contribution in [0, 0.1) is 0 Å². The maximum Gasteiger partial charge on any atom is 0.244 e. The van der Waals surface area contributed by atoms with E-state index in [2.05, 4.69) is 15.3 Å². The van der Waals surface area contributed by atoms with Gasteiger partial charge < -0.3 is 16.0 Å². The van der Waals surface area contributed by atoms with Crippen molar-refractivity contribution in [1.82, 2.24) is 9.97 Å². The second-order valence-electron chi connectivity index (χ2n) is 7.15. The average molecular weight is 312 g/mol. The molecule has 0 aliphatic heterocycles. The summed E-state index contributed by atoms with van der Waals surface area (Å²) in [6, 6.07) is 5.85. The quantitative estimate of drug-likeness (QED) is 0.812. The molecule has 1 heterocycles. The summed E-state index contributed by atoms with van der Waals surface area (Å²) in [6.45, 7) is 0. The third-order valence-corrected chi connectivity index (χ3v) is 5.45. The number of benzene rings is 1. The van der Waals surface area contributed by atoms with Crippen molar-refractivity contribution < 1.29 is 4.79 Å². The van der Waals surface area contributed by atoms with Gasteiger partial charge in [-0.05, 0) is 43.9 Å². The van der Waals surface area contributed by atoms with Crippen molar-refractivity contribution in [2.24, 2.45) is 5.73 Å². The summed E-state index contributed by atoms with van der Waals surface area (Å²) < 4.78 is 0. The monoisotopic (exact) mass is 312 g/mol. The lowest BCUT2D eigenvalue weighted by molar-refractivity contribution is -0.122. The Hall–Kier alpha value is -1.88. The standard InChI is InChI=1S/C18H24N4O/c19-18(9-2-1-3-10-18)17(23)20-13-7-8-14-15(11-13)22-16(21-14)12-5-4-6-12/h7-8,11-12H,1-6,9-10,19H2,(H,20,23)(H,21,22). The van der Waals surface area contributed by atoms with Crippen LogP contribution in [0.2, 0.25) is 0 Å². The highest BCUT2D eigenvalue weighted by Gasteiger charge is 2.35. The van der Waals surface area contributed by atoms with Crippen molar-refractivity contribution in [3.05, 3.63) is 24.0 Å². The van der Waals surface area contributed by atoms with Gasteiger partial charge in [-0.15, -0.1) is 0 Å². The van der Waals surface area contributed by atoms with Crippen LogP contribution < -0.4 is 11.1 Å². The van der Waals surface area contributed by atoms with Crippen LogP contribution in [-0.2, 0) is 4.79 Å². The first kappa shape index (κ1) is 14.7. The minimum absolute atomic E-state index is 0.0599. The molecular weight excluding hydrogens is 288 g/mol. The molecule has 1 aromatic carbocycles.